The van der Waals surface area contributed by atoms with E-state index >= 15 is 0 Å². The number of carbonyl (C=O) groups is 2. The van der Waals surface area contributed by atoms with Crippen LogP contribution >= 0.6 is 0 Å². The summed E-state index contributed by atoms with van der Waals surface area (Å²) in [6, 6.07) is 7.21. The van der Waals surface area contributed by atoms with E-state index in [1.807, 2.05) is 24.3 Å². The van der Waals surface area contributed by atoms with Crippen molar-refractivity contribution < 1.29 is 19.4 Å². The number of aliphatic hydroxyl groups is 1. The summed E-state index contributed by atoms with van der Waals surface area (Å²) in [5.74, 6) is -1.86. The molecule has 0 radical (unpaired) electrons. The van der Waals surface area contributed by atoms with Crippen molar-refractivity contribution >= 4 is 11.9 Å². The van der Waals surface area contributed by atoms with E-state index in [9.17, 15) is 14.7 Å². The van der Waals surface area contributed by atoms with E-state index in [1.54, 1.807) is 4.90 Å². The molecule has 1 N–H and O–H groups in total. The van der Waals surface area contributed by atoms with Crippen LogP contribution in [0, 0.1) is 5.92 Å². The number of esters is 1. The SMILES string of the molecule is COC(=O)[C@@H]1C(O)=CC(=O)N2CCc3ccccc3[C@@H]12. The molecule has 0 saturated carbocycles. The Morgan fingerprint density at radius 2 is 2.15 bits per heavy atom. The van der Waals surface area contributed by atoms with Gasteiger partial charge in [0, 0.05) is 12.6 Å². The number of carbonyl (C=O) groups excluding carboxylic acids is 2. The molecule has 1 aromatic rings. The van der Waals surface area contributed by atoms with Crippen molar-refractivity contribution in [1.82, 2.24) is 4.90 Å². The fraction of sp³-hybridized carbons (Fsp3) is 0.333. The number of nitrogens with zero attached hydrogens (tertiary/aromatic N) is 1. The van der Waals surface area contributed by atoms with Gasteiger partial charge in [0.2, 0.25) is 0 Å². The van der Waals surface area contributed by atoms with Gasteiger partial charge < -0.3 is 14.7 Å². The molecule has 0 aliphatic carbocycles. The third kappa shape index (κ3) is 1.78. The third-order valence-electron chi connectivity index (χ3n) is 3.98. The normalized spacial score (nSPS) is 24.6. The predicted octanol–water partition coefficient (Wildman–Crippen LogP) is 1.36. The lowest BCUT2D eigenvalue weighted by molar-refractivity contribution is -0.150. The molecule has 0 unspecified atom stereocenters. The standard InChI is InChI=1S/C15H15NO4/c1-20-15(19)13-11(17)8-12(18)16-7-6-9-4-2-3-5-10(9)14(13)16/h2-5,8,13-14,17H,6-7H2,1H3/t13-,14+/m1/s1. The van der Waals surface area contributed by atoms with Gasteiger partial charge >= 0.3 is 5.97 Å². The van der Waals surface area contributed by atoms with Crippen molar-refractivity contribution in [2.45, 2.75) is 12.5 Å². The zero-order valence-electron chi connectivity index (χ0n) is 11.1. The maximum absolute atomic E-state index is 12.0. The minimum absolute atomic E-state index is 0.222. The zero-order chi connectivity index (χ0) is 14.3. The smallest absolute Gasteiger partial charge is 0.318 e. The lowest BCUT2D eigenvalue weighted by atomic mass is 9.81. The molecule has 1 aromatic carbocycles. The number of rotatable bonds is 1. The van der Waals surface area contributed by atoms with Crippen molar-refractivity contribution in [2.24, 2.45) is 5.92 Å². The van der Waals surface area contributed by atoms with E-state index in [0.29, 0.717) is 6.54 Å². The lowest BCUT2D eigenvalue weighted by Gasteiger charge is -2.42. The van der Waals surface area contributed by atoms with Crippen LogP contribution in [0.15, 0.2) is 36.1 Å². The summed E-state index contributed by atoms with van der Waals surface area (Å²) in [5.41, 5.74) is 2.01. The van der Waals surface area contributed by atoms with Crippen LogP contribution in [0.4, 0.5) is 0 Å². The van der Waals surface area contributed by atoms with Crippen LogP contribution in [0.1, 0.15) is 17.2 Å². The second-order valence-electron chi connectivity index (χ2n) is 5.00. The Balaban J connectivity index is 2.14. The Morgan fingerprint density at radius 1 is 1.40 bits per heavy atom. The second kappa shape index (κ2) is 4.67. The average Bonchev–Trinajstić information content (AvgIpc) is 2.46. The number of hydrogen-bond donors (Lipinski definition) is 1. The van der Waals surface area contributed by atoms with Gasteiger partial charge in [-0.1, -0.05) is 24.3 Å². The molecule has 2 aliphatic heterocycles. The van der Waals surface area contributed by atoms with Crippen molar-refractivity contribution in [2.75, 3.05) is 13.7 Å². The molecule has 104 valence electrons. The number of benzene rings is 1. The van der Waals surface area contributed by atoms with Gasteiger partial charge in [0.25, 0.3) is 5.91 Å². The van der Waals surface area contributed by atoms with E-state index in [-0.39, 0.29) is 11.7 Å². The van der Waals surface area contributed by atoms with E-state index in [4.69, 9.17) is 4.74 Å². The highest BCUT2D eigenvalue weighted by Crippen LogP contribution is 2.41. The Bertz CT molecular complexity index is 608. The fourth-order valence-corrected chi connectivity index (χ4v) is 3.04. The van der Waals surface area contributed by atoms with E-state index in [0.717, 1.165) is 23.6 Å². The molecule has 0 saturated heterocycles. The van der Waals surface area contributed by atoms with Crippen molar-refractivity contribution in [3.8, 4) is 0 Å². The Morgan fingerprint density at radius 3 is 2.90 bits per heavy atom. The summed E-state index contributed by atoms with van der Waals surface area (Å²) in [6.45, 7) is 0.539. The summed E-state index contributed by atoms with van der Waals surface area (Å²) >= 11 is 0. The molecule has 5 nitrogen and oxygen atoms in total. The van der Waals surface area contributed by atoms with Gasteiger partial charge in [0.15, 0.2) is 0 Å². The van der Waals surface area contributed by atoms with Gasteiger partial charge in [-0.2, -0.15) is 0 Å². The largest absolute Gasteiger partial charge is 0.511 e. The number of fused-ring (bicyclic) bond motifs is 3. The van der Waals surface area contributed by atoms with Crippen LogP contribution in [-0.4, -0.2) is 35.5 Å². The van der Waals surface area contributed by atoms with Crippen molar-refractivity contribution in [3.63, 3.8) is 0 Å². The summed E-state index contributed by atoms with van der Waals surface area (Å²) < 4.78 is 4.78. The summed E-state index contributed by atoms with van der Waals surface area (Å²) in [5, 5.41) is 10.0. The van der Waals surface area contributed by atoms with Gasteiger partial charge in [0.05, 0.1) is 13.2 Å². The minimum atomic E-state index is -0.848. The van der Waals surface area contributed by atoms with E-state index in [2.05, 4.69) is 0 Å². The van der Waals surface area contributed by atoms with Gasteiger partial charge in [-0.3, -0.25) is 9.59 Å². The highest BCUT2D eigenvalue weighted by atomic mass is 16.5. The number of hydrogen-bond acceptors (Lipinski definition) is 4. The quantitative estimate of drug-likeness (QED) is 0.784. The van der Waals surface area contributed by atoms with E-state index < -0.39 is 17.9 Å². The van der Waals surface area contributed by atoms with Gasteiger partial charge in [-0.05, 0) is 17.5 Å². The predicted molar refractivity (Wildman–Crippen MR) is 70.8 cm³/mol. The summed E-state index contributed by atoms with van der Waals surface area (Å²) in [7, 11) is 1.28. The lowest BCUT2D eigenvalue weighted by Crippen LogP contribution is -2.48. The Hall–Kier alpha value is -2.30. The first kappa shape index (κ1) is 12.7. The summed E-state index contributed by atoms with van der Waals surface area (Å²) in [6.07, 6.45) is 1.87. The van der Waals surface area contributed by atoms with Crippen LogP contribution in [0.2, 0.25) is 0 Å². The molecule has 3 rings (SSSR count). The molecule has 1 amide bonds. The highest BCUT2D eigenvalue weighted by Gasteiger charge is 2.45. The van der Waals surface area contributed by atoms with Crippen molar-refractivity contribution in [3.05, 3.63) is 47.2 Å². The minimum Gasteiger partial charge on any atom is -0.511 e. The van der Waals surface area contributed by atoms with Crippen LogP contribution in [0.25, 0.3) is 0 Å². The monoisotopic (exact) mass is 273 g/mol. The average molecular weight is 273 g/mol. The molecule has 20 heavy (non-hydrogen) atoms. The molecular weight excluding hydrogens is 258 g/mol. The molecule has 2 atom stereocenters. The van der Waals surface area contributed by atoms with Gasteiger partial charge in [-0.15, -0.1) is 0 Å². The number of methoxy groups -OCH3 is 1. The first-order valence-electron chi connectivity index (χ1n) is 6.50. The Kier molecular flexibility index (Phi) is 2.97. The molecule has 2 aliphatic rings. The zero-order valence-corrected chi connectivity index (χ0v) is 11.1. The highest BCUT2D eigenvalue weighted by molar-refractivity contribution is 5.93. The molecular formula is C15H15NO4. The first-order valence-corrected chi connectivity index (χ1v) is 6.50. The molecule has 5 heteroatoms. The van der Waals surface area contributed by atoms with Crippen LogP contribution < -0.4 is 0 Å². The third-order valence-corrected chi connectivity index (χ3v) is 3.98. The van der Waals surface area contributed by atoms with Crippen LogP contribution in [-0.2, 0) is 20.7 Å². The second-order valence-corrected chi connectivity index (χ2v) is 5.00. The van der Waals surface area contributed by atoms with Crippen molar-refractivity contribution in [1.29, 1.82) is 0 Å². The maximum Gasteiger partial charge on any atom is 0.318 e. The van der Waals surface area contributed by atoms with E-state index in [1.165, 1.54) is 7.11 Å². The molecule has 0 bridgehead atoms. The number of amides is 1. The summed E-state index contributed by atoms with van der Waals surface area (Å²) in [4.78, 5) is 25.7. The van der Waals surface area contributed by atoms with Gasteiger partial charge in [0.1, 0.15) is 11.7 Å². The maximum atomic E-state index is 12.0. The van der Waals surface area contributed by atoms with Crippen LogP contribution in [0.3, 0.4) is 0 Å². The molecule has 0 spiro atoms. The van der Waals surface area contributed by atoms with Gasteiger partial charge in [-0.25, -0.2) is 0 Å². The molecule has 0 fully saturated rings. The number of aliphatic hydroxyl groups excluding tert-OH is 1. The van der Waals surface area contributed by atoms with Crippen LogP contribution in [0.5, 0.6) is 0 Å². The Labute approximate surface area is 116 Å². The number of ether oxygens (including phenoxy) is 1. The fourth-order valence-electron chi connectivity index (χ4n) is 3.04. The molecule has 2 heterocycles. The topological polar surface area (TPSA) is 66.8 Å². The first-order chi connectivity index (χ1) is 9.63. The molecule has 0 aromatic heterocycles.